The lowest BCUT2D eigenvalue weighted by molar-refractivity contribution is 0.102. The maximum Gasteiger partial charge on any atom is 0.255 e. The number of carbonyl (C=O) groups is 1. The van der Waals surface area contributed by atoms with Gasteiger partial charge in [-0.05, 0) is 74.2 Å². The zero-order valence-corrected chi connectivity index (χ0v) is 18.4. The van der Waals surface area contributed by atoms with Crippen molar-refractivity contribution in [3.8, 4) is 0 Å². The van der Waals surface area contributed by atoms with Gasteiger partial charge in [-0.2, -0.15) is 0 Å². The number of fused-ring (bicyclic) bond motifs is 1. The minimum Gasteiger partial charge on any atom is -0.322 e. The molecule has 160 valence electrons. The smallest absolute Gasteiger partial charge is 0.255 e. The van der Waals surface area contributed by atoms with Gasteiger partial charge in [-0.25, -0.2) is 8.42 Å². The molecule has 1 saturated heterocycles. The Bertz CT molecular complexity index is 1030. The molecule has 2 heterocycles. The van der Waals surface area contributed by atoms with E-state index in [1.807, 2.05) is 12.1 Å². The molecule has 1 N–H and O–H groups in total. The molecule has 0 spiro atoms. The predicted molar refractivity (Wildman–Crippen MR) is 120 cm³/mol. The number of hydrogen-bond acceptors (Lipinski definition) is 4. The highest BCUT2D eigenvalue weighted by Gasteiger charge is 2.26. The lowest BCUT2D eigenvalue weighted by atomic mass is 10.0. The van der Waals surface area contributed by atoms with Crippen LogP contribution in [0.1, 0.15) is 47.7 Å². The molecular weight excluding hydrogens is 398 g/mol. The lowest BCUT2D eigenvalue weighted by Crippen LogP contribution is -2.36. The van der Waals surface area contributed by atoms with Crippen molar-refractivity contribution in [2.75, 3.05) is 29.0 Å². The molecule has 2 aliphatic heterocycles. The average molecular weight is 428 g/mol. The molecule has 7 heteroatoms. The normalized spacial score (nSPS) is 19.5. The molecule has 1 amide bonds. The third-order valence-electron chi connectivity index (χ3n) is 6.13. The first kappa shape index (κ1) is 20.9. The number of nitrogens with zero attached hydrogens (tertiary/aromatic N) is 2. The Morgan fingerprint density at radius 3 is 2.57 bits per heavy atom. The summed E-state index contributed by atoms with van der Waals surface area (Å²) in [6.07, 6.45) is 5.67. The van der Waals surface area contributed by atoms with Gasteiger partial charge in [0.15, 0.2) is 0 Å². The Morgan fingerprint density at radius 2 is 1.87 bits per heavy atom. The minimum absolute atomic E-state index is 0.187. The van der Waals surface area contributed by atoms with Gasteiger partial charge in [0.1, 0.15) is 0 Å². The fraction of sp³-hybridized carbons (Fsp3) is 0.435. The van der Waals surface area contributed by atoms with E-state index in [4.69, 9.17) is 0 Å². The summed E-state index contributed by atoms with van der Waals surface area (Å²) in [4.78, 5) is 15.2. The van der Waals surface area contributed by atoms with Crippen molar-refractivity contribution in [2.45, 2.75) is 45.2 Å². The van der Waals surface area contributed by atoms with Crippen LogP contribution in [0, 0.1) is 0 Å². The number of rotatable bonds is 5. The number of benzene rings is 2. The SMILES string of the molecule is CC1CCCCN1Cc1ccc(NC(=O)c2ccc3c(c2)CCN3S(C)(=O)=O)cc1. The van der Waals surface area contributed by atoms with Crippen LogP contribution in [-0.4, -0.2) is 44.6 Å². The summed E-state index contributed by atoms with van der Waals surface area (Å²) in [7, 11) is -3.29. The van der Waals surface area contributed by atoms with Crippen LogP contribution in [-0.2, 0) is 23.0 Å². The number of amides is 1. The van der Waals surface area contributed by atoms with Crippen LogP contribution in [0.3, 0.4) is 0 Å². The molecule has 4 rings (SSSR count). The average Bonchev–Trinajstić information content (AvgIpc) is 3.15. The molecule has 1 fully saturated rings. The molecule has 0 aromatic heterocycles. The molecule has 6 nitrogen and oxygen atoms in total. The second-order valence-corrected chi connectivity index (χ2v) is 10.3. The van der Waals surface area contributed by atoms with Crippen LogP contribution in [0.5, 0.6) is 0 Å². The summed E-state index contributed by atoms with van der Waals surface area (Å²) < 4.78 is 25.1. The number of hydrogen-bond donors (Lipinski definition) is 1. The van der Waals surface area contributed by atoms with Crippen molar-refractivity contribution in [3.05, 3.63) is 59.2 Å². The van der Waals surface area contributed by atoms with E-state index in [9.17, 15) is 13.2 Å². The fourth-order valence-corrected chi connectivity index (χ4v) is 5.34. The molecular formula is C23H29N3O3S. The maximum absolute atomic E-state index is 12.7. The Kier molecular flexibility index (Phi) is 5.84. The molecule has 0 saturated carbocycles. The highest BCUT2D eigenvalue weighted by atomic mass is 32.2. The van der Waals surface area contributed by atoms with E-state index in [0.717, 1.165) is 24.3 Å². The van der Waals surface area contributed by atoms with Crippen molar-refractivity contribution in [3.63, 3.8) is 0 Å². The molecule has 1 unspecified atom stereocenters. The topological polar surface area (TPSA) is 69.7 Å². The summed E-state index contributed by atoms with van der Waals surface area (Å²) in [6.45, 7) is 4.81. The highest BCUT2D eigenvalue weighted by molar-refractivity contribution is 7.92. The Morgan fingerprint density at radius 1 is 1.10 bits per heavy atom. The van der Waals surface area contributed by atoms with Crippen molar-refractivity contribution in [1.29, 1.82) is 0 Å². The summed E-state index contributed by atoms with van der Waals surface area (Å²) in [5.74, 6) is -0.187. The first-order valence-electron chi connectivity index (χ1n) is 10.6. The van der Waals surface area contributed by atoms with Gasteiger partial charge in [-0.3, -0.25) is 14.0 Å². The predicted octanol–water partition coefficient (Wildman–Crippen LogP) is 3.64. The van der Waals surface area contributed by atoms with Crippen molar-refractivity contribution in [2.24, 2.45) is 0 Å². The monoisotopic (exact) mass is 427 g/mol. The van der Waals surface area contributed by atoms with Crippen LogP contribution in [0.25, 0.3) is 0 Å². The molecule has 1 atom stereocenters. The summed E-state index contributed by atoms with van der Waals surface area (Å²) in [6, 6.07) is 13.9. The van der Waals surface area contributed by atoms with Gasteiger partial charge in [0.05, 0.1) is 11.9 Å². The number of likely N-dealkylation sites (tertiary alicyclic amines) is 1. The van der Waals surface area contributed by atoms with Crippen LogP contribution in [0.2, 0.25) is 0 Å². The minimum atomic E-state index is -3.29. The fourth-order valence-electron chi connectivity index (χ4n) is 4.38. The first-order chi connectivity index (χ1) is 14.3. The zero-order chi connectivity index (χ0) is 21.3. The number of carbonyl (C=O) groups excluding carboxylic acids is 1. The van der Waals surface area contributed by atoms with Crippen molar-refractivity contribution in [1.82, 2.24) is 4.90 Å². The van der Waals surface area contributed by atoms with Crippen LogP contribution >= 0.6 is 0 Å². The van der Waals surface area contributed by atoms with Gasteiger partial charge < -0.3 is 5.32 Å². The van der Waals surface area contributed by atoms with Crippen LogP contribution in [0.15, 0.2) is 42.5 Å². The van der Waals surface area contributed by atoms with Crippen LogP contribution in [0.4, 0.5) is 11.4 Å². The third kappa shape index (κ3) is 4.52. The summed E-state index contributed by atoms with van der Waals surface area (Å²) >= 11 is 0. The number of piperidine rings is 1. The van der Waals surface area contributed by atoms with E-state index in [2.05, 4.69) is 29.3 Å². The molecule has 2 aliphatic rings. The number of nitrogens with one attached hydrogen (secondary N) is 1. The van der Waals surface area contributed by atoms with Crippen LogP contribution < -0.4 is 9.62 Å². The standard InChI is InChI=1S/C23H29N3O3S/c1-17-5-3-4-13-25(17)16-18-6-9-21(10-7-18)24-23(27)20-8-11-22-19(15-20)12-14-26(22)30(2,28)29/h6-11,15,17H,3-5,12-14,16H2,1-2H3,(H,24,27). The van der Waals surface area contributed by atoms with Gasteiger partial charge in [0, 0.05) is 30.4 Å². The van der Waals surface area contributed by atoms with Gasteiger partial charge in [-0.1, -0.05) is 18.6 Å². The second kappa shape index (κ2) is 8.40. The Hall–Kier alpha value is -2.38. The van der Waals surface area contributed by atoms with E-state index in [1.165, 1.54) is 35.4 Å². The molecule has 2 aromatic carbocycles. The highest BCUT2D eigenvalue weighted by Crippen LogP contribution is 2.31. The third-order valence-corrected chi connectivity index (χ3v) is 7.31. The summed E-state index contributed by atoms with van der Waals surface area (Å²) in [5, 5.41) is 2.95. The quantitative estimate of drug-likeness (QED) is 0.791. The van der Waals surface area contributed by atoms with E-state index in [-0.39, 0.29) is 5.91 Å². The molecule has 0 bridgehead atoms. The molecule has 30 heavy (non-hydrogen) atoms. The number of sulfonamides is 1. The van der Waals surface area contributed by atoms with Crippen molar-refractivity contribution < 1.29 is 13.2 Å². The van der Waals surface area contributed by atoms with E-state index < -0.39 is 10.0 Å². The molecule has 0 radical (unpaired) electrons. The first-order valence-corrected chi connectivity index (χ1v) is 12.4. The molecule has 2 aromatic rings. The van der Waals surface area contributed by atoms with Gasteiger partial charge in [-0.15, -0.1) is 0 Å². The van der Waals surface area contributed by atoms with E-state index in [0.29, 0.717) is 30.3 Å². The maximum atomic E-state index is 12.7. The zero-order valence-electron chi connectivity index (χ0n) is 17.6. The van der Waals surface area contributed by atoms with E-state index >= 15 is 0 Å². The summed E-state index contributed by atoms with van der Waals surface area (Å²) in [5.41, 5.74) is 4.11. The Labute approximate surface area is 178 Å². The van der Waals surface area contributed by atoms with Crippen molar-refractivity contribution >= 4 is 27.3 Å². The Balaban J connectivity index is 1.41. The van der Waals surface area contributed by atoms with Gasteiger partial charge >= 0.3 is 0 Å². The lowest BCUT2D eigenvalue weighted by Gasteiger charge is -2.33. The second-order valence-electron chi connectivity index (χ2n) is 8.39. The van der Waals surface area contributed by atoms with Gasteiger partial charge in [0.2, 0.25) is 10.0 Å². The largest absolute Gasteiger partial charge is 0.322 e. The van der Waals surface area contributed by atoms with Gasteiger partial charge in [0.25, 0.3) is 5.91 Å². The number of anilines is 2. The van der Waals surface area contributed by atoms with E-state index in [1.54, 1.807) is 18.2 Å². The molecule has 0 aliphatic carbocycles.